The van der Waals surface area contributed by atoms with Crippen LogP contribution in [0.5, 0.6) is 5.75 Å². The number of rotatable bonds is 4. The van der Waals surface area contributed by atoms with E-state index in [-0.39, 0.29) is 41.6 Å². The molecule has 2 atom stereocenters. The maximum atomic E-state index is 12.4. The van der Waals surface area contributed by atoms with Crippen molar-refractivity contribution in [1.29, 1.82) is 0 Å². The van der Waals surface area contributed by atoms with Crippen LogP contribution in [0.2, 0.25) is 0 Å². The second-order valence-electron chi connectivity index (χ2n) is 5.71. The lowest BCUT2D eigenvalue weighted by atomic mass is 9.95. The molecule has 1 aliphatic rings. The molecular formula is C17H20ClN3O3. The molecule has 0 radical (unpaired) electrons. The second kappa shape index (κ2) is 7.99. The van der Waals surface area contributed by atoms with Crippen LogP contribution in [-0.4, -0.2) is 35.3 Å². The van der Waals surface area contributed by atoms with Crippen molar-refractivity contribution in [2.75, 3.05) is 18.9 Å². The van der Waals surface area contributed by atoms with Gasteiger partial charge in [0.2, 0.25) is 0 Å². The van der Waals surface area contributed by atoms with Crippen molar-refractivity contribution in [2.24, 2.45) is 5.92 Å². The Bertz CT molecular complexity index is 697. The van der Waals surface area contributed by atoms with E-state index >= 15 is 0 Å². The van der Waals surface area contributed by atoms with Gasteiger partial charge in [-0.15, -0.1) is 12.4 Å². The molecule has 2 heterocycles. The molecule has 2 aromatic rings. The molecular weight excluding hydrogens is 330 g/mol. The van der Waals surface area contributed by atoms with Gasteiger partial charge in [-0.3, -0.25) is 9.78 Å². The number of nitrogens with one attached hydrogen (secondary N) is 1. The lowest BCUT2D eigenvalue weighted by molar-refractivity contribution is 0.0925. The molecule has 1 aliphatic heterocycles. The Morgan fingerprint density at radius 1 is 1.29 bits per heavy atom. The highest BCUT2D eigenvalue weighted by Gasteiger charge is 2.30. The summed E-state index contributed by atoms with van der Waals surface area (Å²) in [5.74, 6) is -0.0890. The third-order valence-electron chi connectivity index (χ3n) is 4.04. The fourth-order valence-corrected chi connectivity index (χ4v) is 2.77. The highest BCUT2D eigenvalue weighted by atomic mass is 35.5. The van der Waals surface area contributed by atoms with E-state index in [1.54, 1.807) is 12.4 Å². The van der Waals surface area contributed by atoms with E-state index < -0.39 is 0 Å². The molecule has 3 rings (SSSR count). The Hall–Kier alpha value is -2.31. The number of nitrogen functional groups attached to an aromatic ring is 1. The Morgan fingerprint density at radius 3 is 2.79 bits per heavy atom. The molecule has 0 aliphatic carbocycles. The zero-order valence-electron chi connectivity index (χ0n) is 13.0. The van der Waals surface area contributed by atoms with Gasteiger partial charge >= 0.3 is 0 Å². The van der Waals surface area contributed by atoms with Crippen LogP contribution in [0.4, 0.5) is 5.69 Å². The first-order valence-corrected chi connectivity index (χ1v) is 7.49. The van der Waals surface area contributed by atoms with Crippen LogP contribution in [0.25, 0.3) is 0 Å². The molecule has 0 spiro atoms. The summed E-state index contributed by atoms with van der Waals surface area (Å²) in [5.41, 5.74) is 7.59. The molecule has 24 heavy (non-hydrogen) atoms. The summed E-state index contributed by atoms with van der Waals surface area (Å²) in [6, 6.07) is 8.19. The first-order chi connectivity index (χ1) is 11.1. The molecule has 0 bridgehead atoms. The van der Waals surface area contributed by atoms with Crippen molar-refractivity contribution >= 4 is 24.0 Å². The summed E-state index contributed by atoms with van der Waals surface area (Å²) in [5, 5.41) is 12.5. The van der Waals surface area contributed by atoms with E-state index in [0.717, 1.165) is 12.0 Å². The maximum Gasteiger partial charge on any atom is 0.253 e. The largest absolute Gasteiger partial charge is 0.508 e. The molecule has 1 amide bonds. The average molecular weight is 350 g/mol. The van der Waals surface area contributed by atoms with Crippen molar-refractivity contribution in [2.45, 2.75) is 12.5 Å². The molecule has 7 heteroatoms. The van der Waals surface area contributed by atoms with Crippen LogP contribution in [0.15, 0.2) is 42.7 Å². The Balaban J connectivity index is 0.00000208. The zero-order valence-corrected chi connectivity index (χ0v) is 13.8. The number of ether oxygens (including phenoxy) is 1. The summed E-state index contributed by atoms with van der Waals surface area (Å²) in [6.07, 6.45) is 4.32. The number of aromatic hydroxyl groups is 1. The minimum Gasteiger partial charge on any atom is -0.508 e. The number of phenols is 1. The van der Waals surface area contributed by atoms with Crippen LogP contribution in [-0.2, 0) is 11.2 Å². The van der Waals surface area contributed by atoms with E-state index in [2.05, 4.69) is 10.3 Å². The molecule has 6 nitrogen and oxygen atoms in total. The number of amides is 1. The molecule has 0 unspecified atom stereocenters. The summed E-state index contributed by atoms with van der Waals surface area (Å²) in [7, 11) is 0. The number of hydrogen-bond donors (Lipinski definition) is 3. The first-order valence-electron chi connectivity index (χ1n) is 7.49. The highest BCUT2D eigenvalue weighted by molar-refractivity contribution is 5.99. The van der Waals surface area contributed by atoms with Crippen molar-refractivity contribution in [1.82, 2.24) is 10.3 Å². The number of halogens is 1. The first kappa shape index (κ1) is 18.0. The Kier molecular flexibility index (Phi) is 6.00. The van der Waals surface area contributed by atoms with Crippen LogP contribution in [0, 0.1) is 5.92 Å². The third kappa shape index (κ3) is 4.15. The van der Waals surface area contributed by atoms with Gasteiger partial charge in [0, 0.05) is 24.0 Å². The minimum absolute atomic E-state index is 0. The Labute approximate surface area is 146 Å². The molecule has 4 N–H and O–H groups in total. The highest BCUT2D eigenvalue weighted by Crippen LogP contribution is 2.22. The molecule has 0 saturated carbocycles. The van der Waals surface area contributed by atoms with Gasteiger partial charge in [-0.25, -0.2) is 0 Å². The van der Waals surface area contributed by atoms with Gasteiger partial charge in [0.1, 0.15) is 5.75 Å². The molecule has 128 valence electrons. The number of nitrogens with zero attached hydrogens (tertiary/aromatic N) is 1. The topological polar surface area (TPSA) is 97.5 Å². The van der Waals surface area contributed by atoms with Crippen molar-refractivity contribution < 1.29 is 14.6 Å². The summed E-state index contributed by atoms with van der Waals surface area (Å²) in [6.45, 7) is 1.07. The Morgan fingerprint density at radius 2 is 2.04 bits per heavy atom. The van der Waals surface area contributed by atoms with Gasteiger partial charge in [-0.2, -0.15) is 0 Å². The number of nitrogens with two attached hydrogens (primary N) is 1. The molecule has 1 fully saturated rings. The number of hydrogen-bond acceptors (Lipinski definition) is 5. The summed E-state index contributed by atoms with van der Waals surface area (Å²) < 4.78 is 5.52. The van der Waals surface area contributed by atoms with Crippen molar-refractivity contribution in [3.8, 4) is 5.75 Å². The molecule has 1 aromatic carbocycles. The van der Waals surface area contributed by atoms with E-state index in [4.69, 9.17) is 10.5 Å². The van der Waals surface area contributed by atoms with Crippen molar-refractivity contribution in [3.63, 3.8) is 0 Å². The van der Waals surface area contributed by atoms with Gasteiger partial charge in [0.25, 0.3) is 5.91 Å². The van der Waals surface area contributed by atoms with Crippen LogP contribution in [0.1, 0.15) is 15.9 Å². The van der Waals surface area contributed by atoms with Crippen molar-refractivity contribution in [3.05, 3.63) is 53.9 Å². The van der Waals surface area contributed by atoms with E-state index in [9.17, 15) is 9.90 Å². The van der Waals surface area contributed by atoms with Gasteiger partial charge in [0.05, 0.1) is 24.8 Å². The third-order valence-corrected chi connectivity index (χ3v) is 4.04. The average Bonchev–Trinajstić information content (AvgIpc) is 2.97. The van der Waals surface area contributed by atoms with Crippen LogP contribution < -0.4 is 11.1 Å². The fraction of sp³-hybridized carbons (Fsp3) is 0.294. The quantitative estimate of drug-likeness (QED) is 0.577. The number of anilines is 1. The number of aromatic nitrogens is 1. The predicted molar refractivity (Wildman–Crippen MR) is 93.3 cm³/mol. The normalized spacial score (nSPS) is 19.5. The van der Waals surface area contributed by atoms with Gasteiger partial charge in [-0.1, -0.05) is 0 Å². The van der Waals surface area contributed by atoms with Crippen LogP contribution in [0.3, 0.4) is 0 Å². The van der Waals surface area contributed by atoms with Gasteiger partial charge in [-0.05, 0) is 42.3 Å². The van der Waals surface area contributed by atoms with Gasteiger partial charge < -0.3 is 20.9 Å². The number of benzene rings is 1. The minimum atomic E-state index is -0.298. The number of pyridine rings is 1. The smallest absolute Gasteiger partial charge is 0.253 e. The lowest BCUT2D eigenvalue weighted by Crippen LogP contribution is -2.40. The van der Waals surface area contributed by atoms with E-state index in [1.807, 2.05) is 12.1 Å². The fourth-order valence-electron chi connectivity index (χ4n) is 2.77. The second-order valence-corrected chi connectivity index (χ2v) is 5.71. The number of carbonyl (C=O) groups excluding carboxylic acids is 1. The molecule has 1 aromatic heterocycles. The predicted octanol–water partition coefficient (Wildman–Crippen LogP) is 1.78. The zero-order chi connectivity index (χ0) is 16.2. The van der Waals surface area contributed by atoms with Crippen LogP contribution >= 0.6 is 12.4 Å². The SMILES string of the molecule is Cl.Nc1ccc(O)cc1C(=O)N[C@H]1COC[C@H]1Cc1ccncc1. The standard InChI is InChI=1S/C17H19N3O3.ClH/c18-15-2-1-13(21)8-14(15)17(22)20-16-10-23-9-12(16)7-11-3-5-19-6-4-11;/h1-6,8,12,16,21H,7,9-10,18H2,(H,20,22);1H/t12-,16+;/m1./s1. The van der Waals surface area contributed by atoms with E-state index in [0.29, 0.717) is 18.9 Å². The van der Waals surface area contributed by atoms with Gasteiger partial charge in [0.15, 0.2) is 0 Å². The summed E-state index contributed by atoms with van der Waals surface area (Å²) in [4.78, 5) is 16.4. The monoisotopic (exact) mass is 349 g/mol. The maximum absolute atomic E-state index is 12.4. The molecule has 1 saturated heterocycles. The summed E-state index contributed by atoms with van der Waals surface area (Å²) >= 11 is 0. The number of phenolic OH excluding ortho intramolecular Hbond substituents is 1. The number of carbonyl (C=O) groups is 1. The van der Waals surface area contributed by atoms with E-state index in [1.165, 1.54) is 18.2 Å². The lowest BCUT2D eigenvalue weighted by Gasteiger charge is -2.19.